The van der Waals surface area contributed by atoms with Gasteiger partial charge in [-0.15, -0.1) is 0 Å². The van der Waals surface area contributed by atoms with Gasteiger partial charge in [0, 0.05) is 25.7 Å². The summed E-state index contributed by atoms with van der Waals surface area (Å²) in [5.41, 5.74) is 1.38. The molecule has 0 spiro atoms. The first-order valence-corrected chi connectivity index (χ1v) is 6.29. The predicted molar refractivity (Wildman–Crippen MR) is 63.1 cm³/mol. The van der Waals surface area contributed by atoms with Crippen molar-refractivity contribution in [3.05, 3.63) is 22.4 Å². The van der Waals surface area contributed by atoms with E-state index in [1.165, 1.54) is 5.56 Å². The van der Waals surface area contributed by atoms with Gasteiger partial charge in [0.25, 0.3) is 0 Å². The second-order valence-electron chi connectivity index (χ2n) is 4.32. The fourth-order valence-corrected chi connectivity index (χ4v) is 2.73. The Kier molecular flexibility index (Phi) is 3.75. The summed E-state index contributed by atoms with van der Waals surface area (Å²) in [4.78, 5) is 2.30. The molecule has 0 aromatic carbocycles. The summed E-state index contributed by atoms with van der Waals surface area (Å²) < 4.78 is 0. The van der Waals surface area contributed by atoms with Gasteiger partial charge < -0.3 is 15.3 Å². The Bertz CT molecular complexity index is 289. The van der Waals surface area contributed by atoms with Crippen LogP contribution in [0.3, 0.4) is 0 Å². The normalized spacial score (nSPS) is 26.3. The van der Waals surface area contributed by atoms with Crippen LogP contribution in [0, 0.1) is 0 Å². The molecule has 2 heterocycles. The summed E-state index contributed by atoms with van der Waals surface area (Å²) in [7, 11) is 2.13. The summed E-state index contributed by atoms with van der Waals surface area (Å²) in [6.45, 7) is 2.75. The molecule has 0 aliphatic carbocycles. The third-order valence-electron chi connectivity index (χ3n) is 2.76. The molecule has 1 fully saturated rings. The number of β-amino-alcohol motifs (C(OH)–C–C–N with tert-alkyl or cyclic N) is 1. The van der Waals surface area contributed by atoms with Crippen LogP contribution in [0.25, 0.3) is 0 Å². The SMILES string of the molecule is CN(Cc1ccsc1)CC1CC(O)CN1. The molecule has 1 aromatic rings. The Morgan fingerprint density at radius 3 is 3.13 bits per heavy atom. The van der Waals surface area contributed by atoms with Crippen molar-refractivity contribution < 1.29 is 5.11 Å². The van der Waals surface area contributed by atoms with Crippen LogP contribution in [0.15, 0.2) is 16.8 Å². The van der Waals surface area contributed by atoms with E-state index in [1.807, 2.05) is 0 Å². The van der Waals surface area contributed by atoms with E-state index in [1.54, 1.807) is 11.3 Å². The second-order valence-corrected chi connectivity index (χ2v) is 5.10. The van der Waals surface area contributed by atoms with Crippen molar-refractivity contribution in [3.63, 3.8) is 0 Å². The van der Waals surface area contributed by atoms with Gasteiger partial charge in [-0.1, -0.05) is 0 Å². The van der Waals surface area contributed by atoms with Crippen molar-refractivity contribution in [3.8, 4) is 0 Å². The molecule has 3 nitrogen and oxygen atoms in total. The first-order chi connectivity index (χ1) is 7.24. The van der Waals surface area contributed by atoms with Crippen molar-refractivity contribution in [1.29, 1.82) is 0 Å². The maximum atomic E-state index is 9.39. The van der Waals surface area contributed by atoms with Gasteiger partial charge >= 0.3 is 0 Å². The topological polar surface area (TPSA) is 35.5 Å². The average Bonchev–Trinajstić information content (AvgIpc) is 2.77. The third kappa shape index (κ3) is 3.28. The summed E-state index contributed by atoms with van der Waals surface area (Å²) in [6, 6.07) is 2.61. The van der Waals surface area contributed by atoms with Gasteiger partial charge in [-0.05, 0) is 35.9 Å². The largest absolute Gasteiger partial charge is 0.392 e. The van der Waals surface area contributed by atoms with E-state index >= 15 is 0 Å². The number of nitrogens with one attached hydrogen (secondary N) is 1. The monoisotopic (exact) mass is 226 g/mol. The van der Waals surface area contributed by atoms with E-state index in [2.05, 4.69) is 34.1 Å². The van der Waals surface area contributed by atoms with Gasteiger partial charge in [-0.25, -0.2) is 0 Å². The first-order valence-electron chi connectivity index (χ1n) is 5.35. The molecule has 0 radical (unpaired) electrons. The van der Waals surface area contributed by atoms with E-state index in [9.17, 15) is 5.11 Å². The maximum Gasteiger partial charge on any atom is 0.0680 e. The van der Waals surface area contributed by atoms with Crippen LogP contribution in [-0.4, -0.2) is 42.3 Å². The summed E-state index contributed by atoms with van der Waals surface area (Å²) in [5.74, 6) is 0. The lowest BCUT2D eigenvalue weighted by atomic mass is 10.2. The van der Waals surface area contributed by atoms with E-state index in [4.69, 9.17) is 0 Å². The average molecular weight is 226 g/mol. The van der Waals surface area contributed by atoms with Crippen LogP contribution >= 0.6 is 11.3 Å². The van der Waals surface area contributed by atoms with Crippen molar-refractivity contribution >= 4 is 11.3 Å². The van der Waals surface area contributed by atoms with Gasteiger partial charge in [-0.2, -0.15) is 11.3 Å². The predicted octanol–water partition coefficient (Wildman–Crippen LogP) is 0.903. The molecule has 4 heteroatoms. The molecule has 2 N–H and O–H groups in total. The van der Waals surface area contributed by atoms with Crippen molar-refractivity contribution in [1.82, 2.24) is 10.2 Å². The number of nitrogens with zero attached hydrogens (tertiary/aromatic N) is 1. The van der Waals surface area contributed by atoms with Crippen LogP contribution in [0.1, 0.15) is 12.0 Å². The molecule has 2 rings (SSSR count). The molecular formula is C11H18N2OS. The van der Waals surface area contributed by atoms with E-state index in [0.717, 1.165) is 26.1 Å². The molecule has 15 heavy (non-hydrogen) atoms. The molecule has 84 valence electrons. The highest BCUT2D eigenvalue weighted by atomic mass is 32.1. The van der Waals surface area contributed by atoms with E-state index < -0.39 is 0 Å². The van der Waals surface area contributed by atoms with Gasteiger partial charge in [0.05, 0.1) is 6.10 Å². The number of hydrogen-bond acceptors (Lipinski definition) is 4. The van der Waals surface area contributed by atoms with E-state index in [0.29, 0.717) is 6.04 Å². The van der Waals surface area contributed by atoms with Gasteiger partial charge in [0.2, 0.25) is 0 Å². The number of rotatable bonds is 4. The van der Waals surface area contributed by atoms with Crippen molar-refractivity contribution in [2.75, 3.05) is 20.1 Å². The lowest BCUT2D eigenvalue weighted by Crippen LogP contribution is -2.34. The van der Waals surface area contributed by atoms with Crippen LogP contribution in [0.4, 0.5) is 0 Å². The molecule has 1 aliphatic rings. The summed E-state index contributed by atoms with van der Waals surface area (Å²) in [5, 5.41) is 17.0. The lowest BCUT2D eigenvalue weighted by Gasteiger charge is -2.20. The minimum Gasteiger partial charge on any atom is -0.392 e. The zero-order chi connectivity index (χ0) is 10.7. The Morgan fingerprint density at radius 2 is 2.53 bits per heavy atom. The van der Waals surface area contributed by atoms with Crippen LogP contribution < -0.4 is 5.32 Å². The zero-order valence-corrected chi connectivity index (χ0v) is 9.83. The molecular weight excluding hydrogens is 208 g/mol. The van der Waals surface area contributed by atoms with Gasteiger partial charge in [-0.3, -0.25) is 0 Å². The van der Waals surface area contributed by atoms with E-state index in [-0.39, 0.29) is 6.10 Å². The Morgan fingerprint density at radius 1 is 1.67 bits per heavy atom. The smallest absolute Gasteiger partial charge is 0.0680 e. The highest BCUT2D eigenvalue weighted by molar-refractivity contribution is 7.07. The highest BCUT2D eigenvalue weighted by Crippen LogP contribution is 2.11. The molecule has 0 amide bonds. The standard InChI is InChI=1S/C11H18N2OS/c1-13(6-9-2-3-15-8-9)7-10-4-11(14)5-12-10/h2-3,8,10-12,14H,4-7H2,1H3. The Balaban J connectivity index is 1.75. The maximum absolute atomic E-state index is 9.39. The van der Waals surface area contributed by atoms with Crippen LogP contribution in [0.5, 0.6) is 0 Å². The fraction of sp³-hybridized carbons (Fsp3) is 0.636. The van der Waals surface area contributed by atoms with Gasteiger partial charge in [0.1, 0.15) is 0 Å². The lowest BCUT2D eigenvalue weighted by molar-refractivity contribution is 0.189. The second kappa shape index (κ2) is 5.07. The Hall–Kier alpha value is -0.420. The van der Waals surface area contributed by atoms with Gasteiger partial charge in [0.15, 0.2) is 0 Å². The third-order valence-corrected chi connectivity index (χ3v) is 3.50. The number of hydrogen-bond donors (Lipinski definition) is 2. The molecule has 1 aliphatic heterocycles. The van der Waals surface area contributed by atoms with Crippen LogP contribution in [0.2, 0.25) is 0 Å². The molecule has 1 saturated heterocycles. The quantitative estimate of drug-likeness (QED) is 0.801. The van der Waals surface area contributed by atoms with Crippen molar-refractivity contribution in [2.24, 2.45) is 0 Å². The molecule has 1 aromatic heterocycles. The number of thiophene rings is 1. The highest BCUT2D eigenvalue weighted by Gasteiger charge is 2.22. The molecule has 2 atom stereocenters. The summed E-state index contributed by atoms with van der Waals surface area (Å²) in [6.07, 6.45) is 0.734. The Labute approximate surface area is 94.7 Å². The number of aliphatic hydroxyl groups excluding tert-OH is 1. The van der Waals surface area contributed by atoms with Crippen LogP contribution in [-0.2, 0) is 6.54 Å². The number of likely N-dealkylation sites (N-methyl/N-ethyl adjacent to an activating group) is 1. The fourth-order valence-electron chi connectivity index (χ4n) is 2.07. The summed E-state index contributed by atoms with van der Waals surface area (Å²) >= 11 is 1.74. The minimum absolute atomic E-state index is 0.149. The van der Waals surface area contributed by atoms with Crippen molar-refractivity contribution in [2.45, 2.75) is 25.1 Å². The number of aliphatic hydroxyl groups is 1. The molecule has 0 bridgehead atoms. The zero-order valence-electron chi connectivity index (χ0n) is 9.02. The molecule has 2 unspecified atom stereocenters. The molecule has 0 saturated carbocycles. The minimum atomic E-state index is -0.149. The first kappa shape index (κ1) is 11.1.